The van der Waals surface area contributed by atoms with Crippen LogP contribution in [0, 0.1) is 13.8 Å². The predicted octanol–water partition coefficient (Wildman–Crippen LogP) is 1.78. The van der Waals surface area contributed by atoms with Crippen molar-refractivity contribution in [1.82, 2.24) is 14.2 Å². The quantitative estimate of drug-likeness (QED) is 0.920. The van der Waals surface area contributed by atoms with Gasteiger partial charge in [-0.1, -0.05) is 6.07 Å². The number of hydrogen-bond acceptors (Lipinski definition) is 3. The Morgan fingerprint density at radius 1 is 1.04 bits per heavy atom. The van der Waals surface area contributed by atoms with Crippen molar-refractivity contribution in [2.24, 2.45) is 0 Å². The number of carbonyl (C=O) groups excluding carboxylic acids is 1. The van der Waals surface area contributed by atoms with Crippen LogP contribution >= 0.6 is 0 Å². The second-order valence-corrected chi connectivity index (χ2v) is 7.96. The zero-order valence-corrected chi connectivity index (χ0v) is 14.6. The molecule has 1 amide bonds. The molecule has 6 nitrogen and oxygen atoms in total. The zero-order chi connectivity index (χ0) is 17.3. The van der Waals surface area contributed by atoms with E-state index in [0.29, 0.717) is 36.8 Å². The molecule has 0 atom stereocenters. The number of aromatic nitrogens is 1. The monoisotopic (exact) mass is 347 g/mol. The summed E-state index contributed by atoms with van der Waals surface area (Å²) in [5.74, 6) is -0.0942. The average Bonchev–Trinajstić information content (AvgIpc) is 3.11. The molecule has 0 spiro atoms. The average molecular weight is 347 g/mol. The third-order valence-electron chi connectivity index (χ3n) is 4.47. The van der Waals surface area contributed by atoms with Gasteiger partial charge in [0.05, 0.1) is 4.90 Å². The van der Waals surface area contributed by atoms with Crippen molar-refractivity contribution in [3.63, 3.8) is 0 Å². The van der Waals surface area contributed by atoms with Gasteiger partial charge in [-0.3, -0.25) is 4.79 Å². The first-order valence-corrected chi connectivity index (χ1v) is 9.33. The number of hydrogen-bond donors (Lipinski definition) is 1. The van der Waals surface area contributed by atoms with Gasteiger partial charge >= 0.3 is 0 Å². The summed E-state index contributed by atoms with van der Waals surface area (Å²) < 4.78 is 27.0. The number of H-pyrrole nitrogens is 1. The molecule has 0 unspecified atom stereocenters. The molecule has 0 bridgehead atoms. The van der Waals surface area contributed by atoms with Crippen LogP contribution in [0.3, 0.4) is 0 Å². The number of sulfonamides is 1. The lowest BCUT2D eigenvalue weighted by Crippen LogP contribution is -2.50. The Morgan fingerprint density at radius 3 is 2.33 bits per heavy atom. The van der Waals surface area contributed by atoms with E-state index in [0.717, 1.165) is 11.1 Å². The van der Waals surface area contributed by atoms with E-state index >= 15 is 0 Å². The van der Waals surface area contributed by atoms with Gasteiger partial charge in [0.25, 0.3) is 5.91 Å². The van der Waals surface area contributed by atoms with Crippen LogP contribution in [0.25, 0.3) is 0 Å². The molecule has 1 aliphatic rings. The molecular weight excluding hydrogens is 326 g/mol. The van der Waals surface area contributed by atoms with Crippen LogP contribution in [0.5, 0.6) is 0 Å². The lowest BCUT2D eigenvalue weighted by Gasteiger charge is -2.33. The van der Waals surface area contributed by atoms with Crippen molar-refractivity contribution in [2.75, 3.05) is 26.2 Å². The summed E-state index contributed by atoms with van der Waals surface area (Å²) in [6.07, 6.45) is 1.70. The smallest absolute Gasteiger partial charge is 0.270 e. The summed E-state index contributed by atoms with van der Waals surface area (Å²) >= 11 is 0. The Balaban J connectivity index is 1.71. The van der Waals surface area contributed by atoms with Gasteiger partial charge in [0, 0.05) is 32.4 Å². The van der Waals surface area contributed by atoms with Gasteiger partial charge in [-0.05, 0) is 49.2 Å². The molecule has 128 valence electrons. The minimum absolute atomic E-state index is 0.0942. The summed E-state index contributed by atoms with van der Waals surface area (Å²) in [6.45, 7) is 5.26. The van der Waals surface area contributed by atoms with Gasteiger partial charge in [-0.2, -0.15) is 4.31 Å². The van der Waals surface area contributed by atoms with E-state index in [1.165, 1.54) is 4.31 Å². The zero-order valence-electron chi connectivity index (χ0n) is 13.8. The summed E-state index contributed by atoms with van der Waals surface area (Å²) in [4.78, 5) is 17.2. The first kappa shape index (κ1) is 16.7. The Morgan fingerprint density at radius 2 is 1.75 bits per heavy atom. The highest BCUT2D eigenvalue weighted by atomic mass is 32.2. The van der Waals surface area contributed by atoms with Crippen LogP contribution in [-0.2, 0) is 10.0 Å². The maximum Gasteiger partial charge on any atom is 0.270 e. The summed E-state index contributed by atoms with van der Waals surface area (Å²) in [6, 6.07) is 8.68. The number of piperazine rings is 1. The van der Waals surface area contributed by atoms with Gasteiger partial charge < -0.3 is 9.88 Å². The molecule has 1 aromatic heterocycles. The summed E-state index contributed by atoms with van der Waals surface area (Å²) in [5.41, 5.74) is 2.55. The van der Waals surface area contributed by atoms with Crippen LogP contribution in [0.1, 0.15) is 21.6 Å². The molecule has 1 fully saturated rings. The van der Waals surface area contributed by atoms with E-state index in [4.69, 9.17) is 0 Å². The van der Waals surface area contributed by atoms with Crippen molar-refractivity contribution >= 4 is 15.9 Å². The lowest BCUT2D eigenvalue weighted by molar-refractivity contribution is 0.0692. The minimum Gasteiger partial charge on any atom is -0.357 e. The Hall–Kier alpha value is -2.12. The molecule has 1 aromatic carbocycles. The number of aryl methyl sites for hydroxylation is 2. The molecule has 1 aliphatic heterocycles. The Labute approximate surface area is 142 Å². The summed E-state index contributed by atoms with van der Waals surface area (Å²) in [7, 11) is -3.52. The third-order valence-corrected chi connectivity index (χ3v) is 6.36. The van der Waals surface area contributed by atoms with E-state index in [2.05, 4.69) is 4.98 Å². The highest BCUT2D eigenvalue weighted by molar-refractivity contribution is 7.89. The highest BCUT2D eigenvalue weighted by Crippen LogP contribution is 2.20. The molecule has 1 saturated heterocycles. The van der Waals surface area contributed by atoms with Crippen molar-refractivity contribution in [3.8, 4) is 0 Å². The fraction of sp³-hybridized carbons (Fsp3) is 0.353. The van der Waals surface area contributed by atoms with Crippen molar-refractivity contribution in [2.45, 2.75) is 18.7 Å². The van der Waals surface area contributed by atoms with Gasteiger partial charge in [-0.15, -0.1) is 0 Å². The van der Waals surface area contributed by atoms with Gasteiger partial charge in [0.15, 0.2) is 0 Å². The molecule has 2 heterocycles. The normalized spacial score (nSPS) is 16.3. The van der Waals surface area contributed by atoms with E-state index in [-0.39, 0.29) is 5.91 Å². The second-order valence-electron chi connectivity index (χ2n) is 6.03. The lowest BCUT2D eigenvalue weighted by atomic mass is 10.1. The molecule has 0 saturated carbocycles. The fourth-order valence-electron chi connectivity index (χ4n) is 2.79. The van der Waals surface area contributed by atoms with E-state index in [1.807, 2.05) is 19.9 Å². The molecular formula is C17H21N3O3S. The van der Waals surface area contributed by atoms with Crippen LogP contribution in [-0.4, -0.2) is 54.7 Å². The molecule has 24 heavy (non-hydrogen) atoms. The summed E-state index contributed by atoms with van der Waals surface area (Å²) in [5, 5.41) is 0. The third kappa shape index (κ3) is 3.09. The Bertz CT molecular complexity index is 836. The van der Waals surface area contributed by atoms with Crippen LogP contribution in [0.15, 0.2) is 41.4 Å². The van der Waals surface area contributed by atoms with Crippen LogP contribution in [0.2, 0.25) is 0 Å². The maximum absolute atomic E-state index is 12.8. The standard InChI is InChI=1S/C17H21N3O3S/c1-13-5-6-15(12-14(13)2)24(22,23)20-10-8-19(9-11-20)17(21)16-4-3-7-18-16/h3-7,12,18H,8-11H2,1-2H3. The molecule has 3 rings (SSSR count). The topological polar surface area (TPSA) is 73.5 Å². The number of rotatable bonds is 3. The van der Waals surface area contributed by atoms with E-state index < -0.39 is 10.0 Å². The van der Waals surface area contributed by atoms with Crippen molar-refractivity contribution in [1.29, 1.82) is 0 Å². The number of amides is 1. The number of aromatic amines is 1. The molecule has 2 aromatic rings. The van der Waals surface area contributed by atoms with Crippen LogP contribution < -0.4 is 0 Å². The van der Waals surface area contributed by atoms with Crippen LogP contribution in [0.4, 0.5) is 0 Å². The first-order chi connectivity index (χ1) is 11.4. The number of nitrogens with zero attached hydrogens (tertiary/aromatic N) is 2. The molecule has 1 N–H and O–H groups in total. The number of carbonyl (C=O) groups is 1. The largest absolute Gasteiger partial charge is 0.357 e. The van der Waals surface area contributed by atoms with Crippen molar-refractivity contribution in [3.05, 3.63) is 53.3 Å². The van der Waals surface area contributed by atoms with Gasteiger partial charge in [0.2, 0.25) is 10.0 Å². The highest BCUT2D eigenvalue weighted by Gasteiger charge is 2.30. The van der Waals surface area contributed by atoms with Crippen molar-refractivity contribution < 1.29 is 13.2 Å². The minimum atomic E-state index is -3.52. The van der Waals surface area contributed by atoms with Gasteiger partial charge in [-0.25, -0.2) is 8.42 Å². The first-order valence-electron chi connectivity index (χ1n) is 7.89. The van der Waals surface area contributed by atoms with E-state index in [1.54, 1.807) is 35.4 Å². The Kier molecular flexibility index (Phi) is 4.47. The SMILES string of the molecule is Cc1ccc(S(=O)(=O)N2CCN(C(=O)c3ccc[nH]3)CC2)cc1C. The number of nitrogens with one attached hydrogen (secondary N) is 1. The van der Waals surface area contributed by atoms with E-state index in [9.17, 15) is 13.2 Å². The fourth-order valence-corrected chi connectivity index (χ4v) is 4.30. The number of benzene rings is 1. The second kappa shape index (κ2) is 6.41. The molecule has 0 aliphatic carbocycles. The molecule has 7 heteroatoms. The maximum atomic E-state index is 12.8. The molecule has 0 radical (unpaired) electrons. The predicted molar refractivity (Wildman–Crippen MR) is 91.4 cm³/mol. The van der Waals surface area contributed by atoms with Gasteiger partial charge in [0.1, 0.15) is 5.69 Å².